The number of ketones is 1. The summed E-state index contributed by atoms with van der Waals surface area (Å²) in [6.07, 6.45) is 3.66. The first-order chi connectivity index (χ1) is 19.5. The second-order valence-corrected chi connectivity index (χ2v) is 11.2. The number of anilines is 2. The van der Waals surface area contributed by atoms with Crippen LogP contribution in [0.2, 0.25) is 0 Å². The van der Waals surface area contributed by atoms with E-state index in [1.807, 2.05) is 4.90 Å². The number of fused-ring (bicyclic) bond motifs is 1. The lowest BCUT2D eigenvalue weighted by Gasteiger charge is -2.37. The molecule has 1 aromatic carbocycles. The molecular formula is C29H36F2N6O3. The number of benzene rings is 1. The lowest BCUT2D eigenvalue weighted by molar-refractivity contribution is -0.126. The van der Waals surface area contributed by atoms with Crippen LogP contribution in [0.4, 0.5) is 20.5 Å². The van der Waals surface area contributed by atoms with Crippen LogP contribution in [-0.4, -0.2) is 70.9 Å². The van der Waals surface area contributed by atoms with Gasteiger partial charge < -0.3 is 19.7 Å². The van der Waals surface area contributed by atoms with E-state index in [-0.39, 0.29) is 17.8 Å². The summed E-state index contributed by atoms with van der Waals surface area (Å²) in [4.78, 5) is 28.6. The number of nitrogens with zero attached hydrogens (tertiary/aromatic N) is 5. The predicted octanol–water partition coefficient (Wildman–Crippen LogP) is 4.94. The number of alkyl halides is 2. The zero-order valence-electron chi connectivity index (χ0n) is 22.8. The summed E-state index contributed by atoms with van der Waals surface area (Å²) in [7, 11) is 1.74. The van der Waals surface area contributed by atoms with Crippen LogP contribution in [-0.2, 0) is 14.3 Å². The highest BCUT2D eigenvalue weighted by Gasteiger charge is 2.34. The number of rotatable bonds is 9. The third-order valence-corrected chi connectivity index (χ3v) is 8.55. The molecule has 3 heterocycles. The van der Waals surface area contributed by atoms with Crippen molar-refractivity contribution in [2.24, 2.45) is 11.8 Å². The maximum Gasteiger partial charge on any atom is 0.296 e. The Morgan fingerprint density at radius 1 is 1.10 bits per heavy atom. The molecule has 2 aromatic heterocycles. The highest BCUT2D eigenvalue weighted by Crippen LogP contribution is 2.36. The number of ether oxygens (including phenoxy) is 2. The Morgan fingerprint density at radius 2 is 1.85 bits per heavy atom. The van der Waals surface area contributed by atoms with E-state index in [1.165, 1.54) is 4.57 Å². The molecule has 3 aromatic rings. The number of Topliss-reactive ketones (excluding diaryl/α,β-unsaturated/α-hetero) is 1. The Kier molecular flexibility index (Phi) is 7.93. The number of carbonyl (C=O) groups is 1. The molecule has 0 spiro atoms. The summed E-state index contributed by atoms with van der Waals surface area (Å²) < 4.78 is 40.6. The molecule has 40 heavy (non-hydrogen) atoms. The average Bonchev–Trinajstić information content (AvgIpc) is 3.36. The minimum absolute atomic E-state index is 0.160. The summed E-state index contributed by atoms with van der Waals surface area (Å²) in [6, 6.07) is 8.96. The highest BCUT2D eigenvalue weighted by atomic mass is 19.3. The van der Waals surface area contributed by atoms with Gasteiger partial charge in [-0.05, 0) is 56.6 Å². The fraction of sp³-hybridized carbons (Fsp3) is 0.586. The Balaban J connectivity index is 1.19. The highest BCUT2D eigenvalue weighted by molar-refractivity contribution is 5.81. The van der Waals surface area contributed by atoms with Crippen LogP contribution in [0.5, 0.6) is 0 Å². The molecule has 2 aliphatic carbocycles. The van der Waals surface area contributed by atoms with E-state index in [0.717, 1.165) is 38.5 Å². The summed E-state index contributed by atoms with van der Waals surface area (Å²) in [5.74, 6) is 1.95. The zero-order chi connectivity index (χ0) is 27.6. The van der Waals surface area contributed by atoms with Gasteiger partial charge in [-0.25, -0.2) is 13.8 Å². The van der Waals surface area contributed by atoms with Gasteiger partial charge in [-0.2, -0.15) is 9.97 Å². The van der Waals surface area contributed by atoms with Crippen LogP contribution in [0.25, 0.3) is 16.9 Å². The molecule has 0 radical (unpaired) electrons. The largest absolute Gasteiger partial charge is 0.381 e. The van der Waals surface area contributed by atoms with Crippen molar-refractivity contribution in [2.75, 3.05) is 43.6 Å². The molecule has 0 atom stereocenters. The van der Waals surface area contributed by atoms with Crippen molar-refractivity contribution in [3.63, 3.8) is 0 Å². The first-order valence-electron chi connectivity index (χ1n) is 14.3. The number of carbonyl (C=O) groups excluding carboxylic acids is 1. The van der Waals surface area contributed by atoms with E-state index in [4.69, 9.17) is 19.4 Å². The molecular weight excluding hydrogens is 518 g/mol. The maximum absolute atomic E-state index is 14.1. The quantitative estimate of drug-likeness (QED) is 0.397. The molecule has 1 saturated heterocycles. The number of hydrogen-bond acceptors (Lipinski definition) is 8. The van der Waals surface area contributed by atoms with Crippen LogP contribution in [0.3, 0.4) is 0 Å². The van der Waals surface area contributed by atoms with E-state index in [0.29, 0.717) is 79.1 Å². The number of para-hydroxylation sites is 2. The standard InChI is InChI=1S/C29H36F2N6O3/c1-39-21-8-6-19(7-9-21)24(38)16-18-14-20(15-18)32-25-17-26(35-29(34-25)36-10-12-40-13-11-36)37-23-5-3-2-4-22(23)33-28(37)27(30)31/h2-5,17-21,27H,6-16H2,1H3,(H,32,34,35). The summed E-state index contributed by atoms with van der Waals surface area (Å²) >= 11 is 0. The minimum Gasteiger partial charge on any atom is -0.381 e. The Bertz CT molecular complexity index is 1330. The monoisotopic (exact) mass is 554 g/mol. The van der Waals surface area contributed by atoms with Gasteiger partial charge in [0.1, 0.15) is 17.4 Å². The number of morpholine rings is 1. The number of hydrogen-bond donors (Lipinski definition) is 1. The van der Waals surface area contributed by atoms with Crippen LogP contribution in [0, 0.1) is 11.8 Å². The molecule has 0 unspecified atom stereocenters. The van der Waals surface area contributed by atoms with Crippen molar-refractivity contribution in [1.82, 2.24) is 19.5 Å². The van der Waals surface area contributed by atoms with Gasteiger partial charge in [-0.3, -0.25) is 9.36 Å². The Labute approximate surface area is 232 Å². The van der Waals surface area contributed by atoms with Crippen molar-refractivity contribution in [3.8, 4) is 5.82 Å². The Morgan fingerprint density at radius 3 is 2.58 bits per heavy atom. The van der Waals surface area contributed by atoms with Gasteiger partial charge in [0.15, 0.2) is 5.82 Å². The first kappa shape index (κ1) is 27.0. The number of halogens is 2. The smallest absolute Gasteiger partial charge is 0.296 e. The maximum atomic E-state index is 14.1. The molecule has 1 N–H and O–H groups in total. The molecule has 9 nitrogen and oxygen atoms in total. The molecule has 11 heteroatoms. The minimum atomic E-state index is -2.76. The van der Waals surface area contributed by atoms with Crippen molar-refractivity contribution in [3.05, 3.63) is 36.2 Å². The number of imidazole rings is 1. The molecule has 0 amide bonds. The van der Waals surface area contributed by atoms with Crippen LogP contribution >= 0.6 is 0 Å². The summed E-state index contributed by atoms with van der Waals surface area (Å²) in [5, 5.41) is 3.50. The van der Waals surface area contributed by atoms with Crippen molar-refractivity contribution in [2.45, 2.75) is 63.5 Å². The van der Waals surface area contributed by atoms with Crippen molar-refractivity contribution < 1.29 is 23.0 Å². The molecule has 2 saturated carbocycles. The normalized spacial score (nSPS) is 25.2. The lowest BCUT2D eigenvalue weighted by Crippen LogP contribution is -2.39. The molecule has 6 rings (SSSR count). The van der Waals surface area contributed by atoms with Gasteiger partial charge >= 0.3 is 0 Å². The van der Waals surface area contributed by atoms with Crippen molar-refractivity contribution >= 4 is 28.6 Å². The topological polar surface area (TPSA) is 94.4 Å². The zero-order valence-corrected chi connectivity index (χ0v) is 22.8. The van der Waals surface area contributed by atoms with E-state index in [9.17, 15) is 13.6 Å². The fourth-order valence-corrected chi connectivity index (χ4v) is 6.25. The van der Waals surface area contributed by atoms with Crippen LogP contribution in [0.15, 0.2) is 30.3 Å². The van der Waals surface area contributed by atoms with Gasteiger partial charge in [0.05, 0.1) is 30.4 Å². The molecule has 214 valence electrons. The van der Waals surface area contributed by atoms with Gasteiger partial charge in [0.2, 0.25) is 5.95 Å². The second kappa shape index (κ2) is 11.7. The van der Waals surface area contributed by atoms with Gasteiger partial charge in [0, 0.05) is 44.6 Å². The first-order valence-corrected chi connectivity index (χ1v) is 14.3. The summed E-state index contributed by atoms with van der Waals surface area (Å²) in [5.41, 5.74) is 1.05. The second-order valence-electron chi connectivity index (χ2n) is 11.2. The van der Waals surface area contributed by atoms with E-state index < -0.39 is 6.43 Å². The van der Waals surface area contributed by atoms with E-state index >= 15 is 0 Å². The third kappa shape index (κ3) is 5.67. The number of nitrogens with one attached hydrogen (secondary N) is 1. The summed E-state index contributed by atoms with van der Waals surface area (Å²) in [6.45, 7) is 2.35. The van der Waals surface area contributed by atoms with Crippen LogP contribution in [0.1, 0.15) is 57.2 Å². The Hall–Kier alpha value is -3.18. The SMILES string of the molecule is COC1CCC(C(=O)CC2CC(Nc3cc(-n4c(C(F)F)nc5ccccc54)nc(N4CCOCC4)n3)C2)CC1. The molecule has 0 bridgehead atoms. The average molecular weight is 555 g/mol. The molecule has 3 fully saturated rings. The number of aromatic nitrogens is 4. The van der Waals surface area contributed by atoms with Crippen LogP contribution < -0.4 is 10.2 Å². The molecule has 3 aliphatic rings. The van der Waals surface area contributed by atoms with Gasteiger partial charge in [-0.1, -0.05) is 12.1 Å². The van der Waals surface area contributed by atoms with E-state index in [1.54, 1.807) is 37.4 Å². The van der Waals surface area contributed by atoms with Crippen molar-refractivity contribution in [1.29, 1.82) is 0 Å². The van der Waals surface area contributed by atoms with Gasteiger partial charge in [0.25, 0.3) is 6.43 Å². The number of methoxy groups -OCH3 is 1. The van der Waals surface area contributed by atoms with E-state index in [2.05, 4.69) is 10.3 Å². The van der Waals surface area contributed by atoms with Gasteiger partial charge in [-0.15, -0.1) is 0 Å². The fourth-order valence-electron chi connectivity index (χ4n) is 6.25. The third-order valence-electron chi connectivity index (χ3n) is 8.55. The lowest BCUT2D eigenvalue weighted by atomic mass is 9.74. The predicted molar refractivity (Wildman–Crippen MR) is 147 cm³/mol. The molecule has 1 aliphatic heterocycles.